The monoisotopic (exact) mass is 331 g/mol. The lowest BCUT2D eigenvalue weighted by Gasteiger charge is -2.25. The van der Waals surface area contributed by atoms with Gasteiger partial charge in [-0.25, -0.2) is 8.42 Å². The molecule has 2 rings (SSSR count). The number of amides is 1. The summed E-state index contributed by atoms with van der Waals surface area (Å²) >= 11 is 0. The number of halogens is 1. The van der Waals surface area contributed by atoms with Crippen LogP contribution in [0, 0.1) is 5.92 Å². The van der Waals surface area contributed by atoms with Crippen LogP contribution in [0.25, 0.3) is 0 Å². The van der Waals surface area contributed by atoms with Crippen molar-refractivity contribution in [2.45, 2.75) is 30.8 Å². The van der Waals surface area contributed by atoms with Gasteiger partial charge >= 0.3 is 0 Å². The van der Waals surface area contributed by atoms with Gasteiger partial charge in [-0.15, -0.1) is 0 Å². The fraction of sp³-hybridized carbons (Fsp3) is 0.500. The summed E-state index contributed by atoms with van der Waals surface area (Å²) in [7, 11) is 2.96. The highest BCUT2D eigenvalue weighted by Gasteiger charge is 2.21. The summed E-state index contributed by atoms with van der Waals surface area (Å²) in [5.41, 5.74) is 0.719. The molecule has 0 heterocycles. The predicted molar refractivity (Wildman–Crippen MR) is 79.9 cm³/mol. The zero-order chi connectivity index (χ0) is 15.5. The summed E-state index contributed by atoms with van der Waals surface area (Å²) in [6, 6.07) is 4.43. The van der Waals surface area contributed by atoms with Gasteiger partial charge in [0.1, 0.15) is 0 Å². The van der Waals surface area contributed by atoms with E-state index in [1.165, 1.54) is 19.6 Å². The molecule has 7 heteroatoms. The van der Waals surface area contributed by atoms with E-state index in [0.29, 0.717) is 18.0 Å². The van der Waals surface area contributed by atoms with Crippen molar-refractivity contribution < 1.29 is 17.9 Å². The number of carbonyl (C=O) groups excluding carboxylic acids is 1. The topological polar surface area (TPSA) is 72.5 Å². The smallest absolute Gasteiger partial charge is 0.261 e. The molecule has 21 heavy (non-hydrogen) atoms. The van der Waals surface area contributed by atoms with E-state index in [4.69, 9.17) is 15.4 Å². The van der Waals surface area contributed by atoms with Crippen molar-refractivity contribution in [2.24, 2.45) is 5.92 Å². The molecule has 0 aliphatic heterocycles. The third kappa shape index (κ3) is 4.18. The van der Waals surface area contributed by atoms with Gasteiger partial charge in [-0.05, 0) is 36.5 Å². The quantitative estimate of drug-likeness (QED) is 0.812. The van der Waals surface area contributed by atoms with Crippen LogP contribution in [0.5, 0.6) is 0 Å². The van der Waals surface area contributed by atoms with Crippen LogP contribution in [0.4, 0.5) is 0 Å². The number of benzene rings is 1. The molecule has 116 valence electrons. The second-order valence-electron chi connectivity index (χ2n) is 5.20. The largest absolute Gasteiger partial charge is 0.380 e. The van der Waals surface area contributed by atoms with E-state index in [0.717, 1.165) is 12.8 Å². The maximum absolute atomic E-state index is 12.1. The second-order valence-corrected chi connectivity index (χ2v) is 7.73. The Morgan fingerprint density at radius 3 is 2.67 bits per heavy atom. The Morgan fingerprint density at radius 1 is 1.43 bits per heavy atom. The normalized spacial score (nSPS) is 15.5. The highest BCUT2D eigenvalue weighted by Crippen LogP contribution is 2.26. The summed E-state index contributed by atoms with van der Waals surface area (Å²) in [5, 5.41) is 2.82. The van der Waals surface area contributed by atoms with E-state index in [-0.39, 0.29) is 23.0 Å². The lowest BCUT2D eigenvalue weighted by molar-refractivity contribution is 0.0938. The van der Waals surface area contributed by atoms with Gasteiger partial charge in [0.05, 0.1) is 11.5 Å². The third-order valence-electron chi connectivity index (χ3n) is 3.67. The second kappa shape index (κ2) is 6.77. The van der Waals surface area contributed by atoms with E-state index in [2.05, 4.69) is 5.32 Å². The van der Waals surface area contributed by atoms with Crippen LogP contribution in [0.2, 0.25) is 0 Å². The average molecular weight is 332 g/mol. The first-order chi connectivity index (χ1) is 9.91. The molecule has 1 aliphatic rings. The van der Waals surface area contributed by atoms with Crippen LogP contribution >= 0.6 is 10.7 Å². The fourth-order valence-electron chi connectivity index (χ4n) is 2.23. The lowest BCUT2D eigenvalue weighted by Crippen LogP contribution is -2.32. The summed E-state index contributed by atoms with van der Waals surface area (Å²) < 4.78 is 28.1. The molecule has 1 aromatic carbocycles. The molecule has 1 aliphatic carbocycles. The fourth-order valence-corrected chi connectivity index (χ4v) is 3.37. The van der Waals surface area contributed by atoms with E-state index in [1.807, 2.05) is 0 Å². The molecule has 1 amide bonds. The molecule has 0 spiro atoms. The Bertz CT molecular complexity index is 626. The van der Waals surface area contributed by atoms with Gasteiger partial charge < -0.3 is 10.1 Å². The minimum atomic E-state index is -3.92. The van der Waals surface area contributed by atoms with E-state index in [1.54, 1.807) is 12.1 Å². The van der Waals surface area contributed by atoms with Crippen LogP contribution < -0.4 is 5.32 Å². The molecule has 5 nitrogen and oxygen atoms in total. The minimum absolute atomic E-state index is 0.0812. The van der Waals surface area contributed by atoms with Crippen LogP contribution in [0.3, 0.4) is 0 Å². The number of hydrogen-bond donors (Lipinski definition) is 1. The van der Waals surface area contributed by atoms with Crippen molar-refractivity contribution in [3.05, 3.63) is 29.3 Å². The molecule has 0 unspecified atom stereocenters. The summed E-state index contributed by atoms with van der Waals surface area (Å²) in [5.74, 6) is 0.255. The van der Waals surface area contributed by atoms with Crippen LogP contribution in [0.1, 0.15) is 35.2 Å². The summed E-state index contributed by atoms with van der Waals surface area (Å²) in [4.78, 5) is 12.0. The van der Waals surface area contributed by atoms with E-state index < -0.39 is 9.05 Å². The maximum Gasteiger partial charge on any atom is 0.261 e. The molecule has 0 bridgehead atoms. The molecule has 0 aromatic heterocycles. The zero-order valence-corrected chi connectivity index (χ0v) is 13.3. The zero-order valence-electron chi connectivity index (χ0n) is 11.8. The molecule has 0 radical (unpaired) electrons. The SMILES string of the molecule is COCc1ccc(C(=O)NCC2CCC2)cc1S(=O)(=O)Cl. The standard InChI is InChI=1S/C14H18ClNO4S/c1-20-9-12-6-5-11(7-13(12)21(15,18)19)14(17)16-8-10-3-2-4-10/h5-7,10H,2-4,8-9H2,1H3,(H,16,17). The van der Waals surface area contributed by atoms with Gasteiger partial charge in [0.15, 0.2) is 0 Å². The number of nitrogens with one attached hydrogen (secondary N) is 1. The Hall–Kier alpha value is -1.11. The number of ether oxygens (including phenoxy) is 1. The molecule has 1 aromatic rings. The number of hydrogen-bond acceptors (Lipinski definition) is 4. The Balaban J connectivity index is 2.17. The molecular weight excluding hydrogens is 314 g/mol. The van der Waals surface area contributed by atoms with Crippen molar-refractivity contribution in [2.75, 3.05) is 13.7 Å². The molecule has 0 atom stereocenters. The van der Waals surface area contributed by atoms with Crippen molar-refractivity contribution in [1.82, 2.24) is 5.32 Å². The van der Waals surface area contributed by atoms with Crippen molar-refractivity contribution >= 4 is 25.6 Å². The number of methoxy groups -OCH3 is 1. The molecule has 0 saturated heterocycles. The van der Waals surface area contributed by atoms with Crippen molar-refractivity contribution in [3.8, 4) is 0 Å². The van der Waals surface area contributed by atoms with Crippen molar-refractivity contribution in [3.63, 3.8) is 0 Å². The highest BCUT2D eigenvalue weighted by atomic mass is 35.7. The maximum atomic E-state index is 12.1. The van der Waals surface area contributed by atoms with Gasteiger partial charge in [0.2, 0.25) is 0 Å². The molecule has 1 N–H and O–H groups in total. The molecular formula is C14H18ClNO4S. The predicted octanol–water partition coefficient (Wildman–Crippen LogP) is 2.29. The van der Waals surface area contributed by atoms with Crippen LogP contribution in [0.15, 0.2) is 23.1 Å². The minimum Gasteiger partial charge on any atom is -0.380 e. The third-order valence-corrected chi connectivity index (χ3v) is 5.07. The van der Waals surface area contributed by atoms with Gasteiger partial charge in [-0.2, -0.15) is 0 Å². The van der Waals surface area contributed by atoms with Gasteiger partial charge in [-0.3, -0.25) is 4.79 Å². The van der Waals surface area contributed by atoms with Crippen LogP contribution in [-0.4, -0.2) is 28.0 Å². The highest BCUT2D eigenvalue weighted by molar-refractivity contribution is 8.13. The summed E-state index contributed by atoms with van der Waals surface area (Å²) in [6.07, 6.45) is 3.48. The van der Waals surface area contributed by atoms with Gasteiger partial charge in [0.25, 0.3) is 15.0 Å². The Morgan fingerprint density at radius 2 is 2.14 bits per heavy atom. The average Bonchev–Trinajstić information content (AvgIpc) is 2.36. The summed E-state index contributed by atoms with van der Waals surface area (Å²) in [6.45, 7) is 0.743. The first-order valence-corrected chi connectivity index (χ1v) is 9.07. The number of rotatable bonds is 6. The Kier molecular flexibility index (Phi) is 5.24. The molecule has 1 fully saturated rings. The van der Waals surface area contributed by atoms with Crippen molar-refractivity contribution in [1.29, 1.82) is 0 Å². The van der Waals surface area contributed by atoms with Crippen LogP contribution in [-0.2, 0) is 20.4 Å². The van der Waals surface area contributed by atoms with E-state index >= 15 is 0 Å². The lowest BCUT2D eigenvalue weighted by atomic mass is 9.85. The molecule has 1 saturated carbocycles. The van der Waals surface area contributed by atoms with E-state index in [9.17, 15) is 13.2 Å². The van der Waals surface area contributed by atoms with Gasteiger partial charge in [0, 0.05) is 29.9 Å². The number of carbonyl (C=O) groups is 1. The van der Waals surface area contributed by atoms with Gasteiger partial charge in [-0.1, -0.05) is 12.5 Å². The Labute approximate surface area is 129 Å². The first kappa shape index (κ1) is 16.3. The first-order valence-electron chi connectivity index (χ1n) is 6.76.